The minimum absolute atomic E-state index is 0.299. The smallest absolute Gasteiger partial charge is 0.319 e. The van der Waals surface area contributed by atoms with Crippen LogP contribution in [0.3, 0.4) is 0 Å². The van der Waals surface area contributed by atoms with E-state index in [0.717, 1.165) is 4.90 Å². The fourth-order valence-electron chi connectivity index (χ4n) is 0.625. The number of nitrogens with one attached hydrogen (secondary N) is 1. The van der Waals surface area contributed by atoms with Crippen LogP contribution in [0.25, 0.3) is 0 Å². The molecular weight excluding hydrogens is 111 g/mol. The Kier molecular flexibility index (Phi) is 1.32. The maximum Gasteiger partial charge on any atom is 0.319 e. The molecule has 1 rings (SSSR count). The summed E-state index contributed by atoms with van der Waals surface area (Å²) < 4.78 is 11.6. The van der Waals surface area contributed by atoms with E-state index in [1.807, 2.05) is 0 Å². The third-order valence-electron chi connectivity index (χ3n) is 1.09. The molecule has 0 bridgehead atoms. The summed E-state index contributed by atoms with van der Waals surface area (Å²) in [7, 11) is 0. The number of halogens is 1. The predicted molar refractivity (Wildman–Crippen MR) is 26.1 cm³/mol. The van der Waals surface area contributed by atoms with Crippen molar-refractivity contribution in [2.45, 2.75) is 0 Å². The van der Waals surface area contributed by atoms with E-state index in [2.05, 4.69) is 5.32 Å². The monoisotopic (exact) mass is 118 g/mol. The van der Waals surface area contributed by atoms with Crippen molar-refractivity contribution in [3.63, 3.8) is 0 Å². The van der Waals surface area contributed by atoms with Crippen LogP contribution in [0.2, 0.25) is 0 Å². The first-order valence-electron chi connectivity index (χ1n) is 2.43. The number of hydrogen-bond acceptors (Lipinski definition) is 1. The minimum Gasteiger partial charge on any atom is -0.336 e. The van der Waals surface area contributed by atoms with E-state index in [1.165, 1.54) is 0 Å². The summed E-state index contributed by atoms with van der Waals surface area (Å²) in [5.41, 5.74) is 0. The highest BCUT2D eigenvalue weighted by Gasteiger charge is 2.17. The van der Waals surface area contributed by atoms with E-state index in [-0.39, 0.29) is 6.03 Å². The van der Waals surface area contributed by atoms with Crippen molar-refractivity contribution in [3.8, 4) is 0 Å². The van der Waals surface area contributed by atoms with E-state index in [9.17, 15) is 9.18 Å². The Labute approximate surface area is 46.5 Å². The van der Waals surface area contributed by atoms with E-state index in [1.54, 1.807) is 0 Å². The van der Waals surface area contributed by atoms with Gasteiger partial charge in [0.15, 0.2) is 6.80 Å². The van der Waals surface area contributed by atoms with Gasteiger partial charge in [-0.2, -0.15) is 0 Å². The maximum atomic E-state index is 11.6. The van der Waals surface area contributed by atoms with Gasteiger partial charge in [0, 0.05) is 13.1 Å². The zero-order chi connectivity index (χ0) is 5.98. The van der Waals surface area contributed by atoms with Crippen LogP contribution in [0.4, 0.5) is 9.18 Å². The van der Waals surface area contributed by atoms with Gasteiger partial charge in [0.1, 0.15) is 0 Å². The van der Waals surface area contributed by atoms with Gasteiger partial charge in [0.2, 0.25) is 0 Å². The molecule has 0 aromatic carbocycles. The van der Waals surface area contributed by atoms with Crippen LogP contribution in [0.1, 0.15) is 0 Å². The Bertz CT molecular complexity index is 106. The van der Waals surface area contributed by atoms with Crippen LogP contribution in [0, 0.1) is 0 Å². The van der Waals surface area contributed by atoms with Gasteiger partial charge in [-0.3, -0.25) is 4.90 Å². The first-order valence-corrected chi connectivity index (χ1v) is 2.43. The molecular formula is C4H7FN2O. The third-order valence-corrected chi connectivity index (χ3v) is 1.09. The van der Waals surface area contributed by atoms with E-state index in [0.29, 0.717) is 13.1 Å². The first-order chi connectivity index (χ1) is 3.84. The molecule has 0 saturated carbocycles. The maximum absolute atomic E-state index is 11.6. The summed E-state index contributed by atoms with van der Waals surface area (Å²) >= 11 is 0. The quantitative estimate of drug-likeness (QED) is 0.480. The van der Waals surface area contributed by atoms with Crippen molar-refractivity contribution in [3.05, 3.63) is 0 Å². The third kappa shape index (κ3) is 0.731. The summed E-state index contributed by atoms with van der Waals surface area (Å²) in [5, 5.41) is 2.47. The number of urea groups is 1. The number of carbonyl (C=O) groups is 1. The molecule has 2 amide bonds. The number of rotatable bonds is 1. The molecule has 0 spiro atoms. The van der Waals surface area contributed by atoms with Gasteiger partial charge in [-0.05, 0) is 0 Å². The molecule has 1 N–H and O–H groups in total. The average Bonchev–Trinajstić information content (AvgIpc) is 2.14. The summed E-state index contributed by atoms with van der Waals surface area (Å²) in [4.78, 5) is 11.5. The average molecular weight is 118 g/mol. The predicted octanol–water partition coefficient (Wildman–Crippen LogP) is -0.0614. The highest BCUT2D eigenvalue weighted by Crippen LogP contribution is 1.94. The lowest BCUT2D eigenvalue weighted by Crippen LogP contribution is -2.26. The van der Waals surface area contributed by atoms with E-state index >= 15 is 0 Å². The van der Waals surface area contributed by atoms with Gasteiger partial charge in [0.05, 0.1) is 0 Å². The van der Waals surface area contributed by atoms with Gasteiger partial charge >= 0.3 is 6.03 Å². The first kappa shape index (κ1) is 5.34. The largest absolute Gasteiger partial charge is 0.336 e. The Balaban J connectivity index is 2.42. The standard InChI is InChI=1S/C4H7FN2O/c5-3-7-2-1-6-4(7)8/h1-3H2,(H,6,8). The molecule has 1 fully saturated rings. The van der Waals surface area contributed by atoms with Gasteiger partial charge in [-0.25, -0.2) is 9.18 Å². The normalized spacial score (nSPS) is 19.1. The molecule has 0 radical (unpaired) electrons. The van der Waals surface area contributed by atoms with Crippen LogP contribution in [-0.2, 0) is 0 Å². The zero-order valence-electron chi connectivity index (χ0n) is 4.35. The second-order valence-electron chi connectivity index (χ2n) is 1.61. The topological polar surface area (TPSA) is 32.3 Å². The summed E-state index contributed by atoms with van der Waals surface area (Å²) in [6.45, 7) is 0.393. The van der Waals surface area contributed by atoms with Gasteiger partial charge in [-0.1, -0.05) is 0 Å². The Morgan fingerprint density at radius 1 is 1.88 bits per heavy atom. The second-order valence-corrected chi connectivity index (χ2v) is 1.61. The molecule has 1 saturated heterocycles. The van der Waals surface area contributed by atoms with Crippen molar-refractivity contribution >= 4 is 6.03 Å². The molecule has 0 aromatic heterocycles. The SMILES string of the molecule is O=C1NCCN1CF. The lowest BCUT2D eigenvalue weighted by Gasteiger charge is -2.05. The number of carbonyl (C=O) groups excluding carboxylic acids is 1. The van der Waals surface area contributed by atoms with Crippen molar-refractivity contribution in [1.29, 1.82) is 0 Å². The van der Waals surface area contributed by atoms with Crippen molar-refractivity contribution < 1.29 is 9.18 Å². The van der Waals surface area contributed by atoms with Crippen LogP contribution in [0.5, 0.6) is 0 Å². The number of hydrogen-bond donors (Lipinski definition) is 1. The summed E-state index contributed by atoms with van der Waals surface area (Å²) in [6, 6.07) is -0.299. The molecule has 0 aliphatic carbocycles. The molecule has 0 atom stereocenters. The van der Waals surface area contributed by atoms with Crippen LogP contribution >= 0.6 is 0 Å². The van der Waals surface area contributed by atoms with E-state index in [4.69, 9.17) is 0 Å². The molecule has 4 heteroatoms. The molecule has 0 unspecified atom stereocenters. The van der Waals surface area contributed by atoms with Crippen molar-refractivity contribution in [2.24, 2.45) is 0 Å². The fraction of sp³-hybridized carbons (Fsp3) is 0.750. The summed E-state index contributed by atoms with van der Waals surface area (Å²) in [5.74, 6) is 0. The lowest BCUT2D eigenvalue weighted by molar-refractivity contribution is 0.194. The summed E-state index contributed by atoms with van der Waals surface area (Å²) in [6.07, 6.45) is 0. The Morgan fingerprint density at radius 3 is 2.88 bits per heavy atom. The Hall–Kier alpha value is -0.800. The Morgan fingerprint density at radius 2 is 2.62 bits per heavy atom. The van der Waals surface area contributed by atoms with Crippen LogP contribution < -0.4 is 5.32 Å². The van der Waals surface area contributed by atoms with Crippen molar-refractivity contribution in [1.82, 2.24) is 10.2 Å². The highest BCUT2D eigenvalue weighted by molar-refractivity contribution is 5.75. The van der Waals surface area contributed by atoms with Gasteiger partial charge < -0.3 is 5.32 Å². The molecule has 1 aliphatic rings. The minimum atomic E-state index is -0.675. The number of amides is 2. The molecule has 1 aliphatic heterocycles. The van der Waals surface area contributed by atoms with Crippen molar-refractivity contribution in [2.75, 3.05) is 19.9 Å². The fourth-order valence-corrected chi connectivity index (χ4v) is 0.625. The van der Waals surface area contributed by atoms with Gasteiger partial charge in [-0.15, -0.1) is 0 Å². The molecule has 8 heavy (non-hydrogen) atoms. The zero-order valence-corrected chi connectivity index (χ0v) is 4.35. The van der Waals surface area contributed by atoms with Crippen LogP contribution in [0.15, 0.2) is 0 Å². The number of alkyl halides is 1. The van der Waals surface area contributed by atoms with Crippen LogP contribution in [-0.4, -0.2) is 30.8 Å². The molecule has 0 aromatic rings. The molecule has 1 heterocycles. The second kappa shape index (κ2) is 1.98. The van der Waals surface area contributed by atoms with E-state index < -0.39 is 6.80 Å². The lowest BCUT2D eigenvalue weighted by atomic mass is 10.7. The van der Waals surface area contributed by atoms with Gasteiger partial charge in [0.25, 0.3) is 0 Å². The highest BCUT2D eigenvalue weighted by atomic mass is 19.1. The molecule has 46 valence electrons. The number of nitrogens with zero attached hydrogens (tertiary/aromatic N) is 1. The molecule has 3 nitrogen and oxygen atoms in total.